The number of aromatic amines is 1. The molecule has 4 rings (SSSR count). The van der Waals surface area contributed by atoms with Gasteiger partial charge in [0.05, 0.1) is 11.0 Å². The van der Waals surface area contributed by atoms with Crippen molar-refractivity contribution in [1.82, 2.24) is 19.9 Å². The van der Waals surface area contributed by atoms with Gasteiger partial charge in [-0.05, 0) is 85.1 Å². The number of nitrogens with zero attached hydrogens (tertiary/aromatic N) is 3. The molecule has 0 saturated heterocycles. The van der Waals surface area contributed by atoms with Crippen LogP contribution in [0, 0.1) is 13.8 Å². The molecule has 0 fully saturated rings. The zero-order valence-electron chi connectivity index (χ0n) is 18.9. The Morgan fingerprint density at radius 3 is 2.56 bits per heavy atom. The van der Waals surface area contributed by atoms with Gasteiger partial charge >= 0.3 is 0 Å². The summed E-state index contributed by atoms with van der Waals surface area (Å²) in [6.45, 7) is 7.83. The van der Waals surface area contributed by atoms with Crippen LogP contribution in [0.4, 0.5) is 5.69 Å². The van der Waals surface area contributed by atoms with E-state index >= 15 is 0 Å². The van der Waals surface area contributed by atoms with Gasteiger partial charge in [-0.2, -0.15) is 0 Å². The molecule has 0 amide bonds. The first-order chi connectivity index (χ1) is 15.5. The lowest BCUT2D eigenvalue weighted by atomic mass is 10.1. The van der Waals surface area contributed by atoms with Crippen LogP contribution in [0.3, 0.4) is 0 Å². The van der Waals surface area contributed by atoms with Crippen LogP contribution in [0.15, 0.2) is 60.9 Å². The fourth-order valence-electron chi connectivity index (χ4n) is 3.67. The number of thiocarbonyl (C=S) groups is 1. The van der Waals surface area contributed by atoms with Gasteiger partial charge in [0.15, 0.2) is 5.11 Å². The number of anilines is 1. The fraction of sp³-hybridized carbons (Fsp3) is 0.269. The van der Waals surface area contributed by atoms with Gasteiger partial charge in [0.1, 0.15) is 5.82 Å². The number of H-pyrrole nitrogens is 1. The number of pyridine rings is 1. The Morgan fingerprint density at radius 2 is 1.84 bits per heavy atom. The topological polar surface area (TPSA) is 56.8 Å². The van der Waals surface area contributed by atoms with Crippen LogP contribution >= 0.6 is 12.2 Å². The standard InChI is InChI=1S/C26H29N5S/c1-4-20-7-9-22(10-8-20)28-26(32)31(17-21-6-5-12-27-16-21)13-11-25-29-23-14-18(2)19(3)15-24(23)30-25/h5-10,12,14-16H,4,11,13,17H2,1-3H3,(H,28,32)(H,29,30). The summed E-state index contributed by atoms with van der Waals surface area (Å²) >= 11 is 5.80. The minimum Gasteiger partial charge on any atom is -0.344 e. The van der Waals surface area contributed by atoms with Crippen molar-refractivity contribution in [3.8, 4) is 0 Å². The first-order valence-electron chi connectivity index (χ1n) is 11.0. The monoisotopic (exact) mass is 443 g/mol. The first kappa shape index (κ1) is 22.0. The van der Waals surface area contributed by atoms with E-state index in [4.69, 9.17) is 17.2 Å². The van der Waals surface area contributed by atoms with E-state index in [2.05, 4.69) is 83.4 Å². The zero-order chi connectivity index (χ0) is 22.5. The van der Waals surface area contributed by atoms with Crippen molar-refractivity contribution in [3.05, 3.63) is 89.0 Å². The Morgan fingerprint density at radius 1 is 1.06 bits per heavy atom. The van der Waals surface area contributed by atoms with Crippen LogP contribution in [0.1, 0.15) is 35.0 Å². The van der Waals surface area contributed by atoms with Gasteiger partial charge in [0.2, 0.25) is 0 Å². The molecule has 2 N–H and O–H groups in total. The van der Waals surface area contributed by atoms with E-state index in [1.807, 2.05) is 12.3 Å². The van der Waals surface area contributed by atoms with Crippen LogP contribution in [0.2, 0.25) is 0 Å². The number of benzene rings is 2. The minimum absolute atomic E-state index is 0.686. The van der Waals surface area contributed by atoms with E-state index in [-0.39, 0.29) is 0 Å². The van der Waals surface area contributed by atoms with Gasteiger partial charge in [-0.1, -0.05) is 25.1 Å². The molecule has 32 heavy (non-hydrogen) atoms. The predicted octanol–water partition coefficient (Wildman–Crippen LogP) is 5.58. The normalized spacial score (nSPS) is 11.0. The third kappa shape index (κ3) is 5.32. The van der Waals surface area contributed by atoms with Gasteiger partial charge in [-0.3, -0.25) is 4.98 Å². The molecule has 0 aliphatic carbocycles. The van der Waals surface area contributed by atoms with Crippen molar-refractivity contribution in [1.29, 1.82) is 0 Å². The molecular formula is C26H29N5S. The molecule has 0 aliphatic rings. The minimum atomic E-state index is 0.686. The molecule has 0 aliphatic heterocycles. The Hall–Kier alpha value is -3.25. The van der Waals surface area contributed by atoms with E-state index in [1.165, 1.54) is 16.7 Å². The molecule has 2 aromatic heterocycles. The Kier molecular flexibility index (Phi) is 6.81. The second-order valence-corrected chi connectivity index (χ2v) is 8.54. The van der Waals surface area contributed by atoms with E-state index < -0.39 is 0 Å². The van der Waals surface area contributed by atoms with Crippen LogP contribution in [-0.2, 0) is 19.4 Å². The Bertz CT molecular complexity index is 1160. The molecule has 2 aromatic carbocycles. The Balaban J connectivity index is 1.50. The molecule has 0 radical (unpaired) electrons. The number of nitrogens with one attached hydrogen (secondary N) is 2. The predicted molar refractivity (Wildman–Crippen MR) is 136 cm³/mol. The maximum atomic E-state index is 5.80. The van der Waals surface area contributed by atoms with E-state index in [0.29, 0.717) is 11.7 Å². The maximum Gasteiger partial charge on any atom is 0.173 e. The van der Waals surface area contributed by atoms with Gasteiger partial charge in [-0.25, -0.2) is 4.98 Å². The average Bonchev–Trinajstić information content (AvgIpc) is 3.19. The molecule has 2 heterocycles. The number of rotatable bonds is 7. The summed E-state index contributed by atoms with van der Waals surface area (Å²) in [5.74, 6) is 0.969. The van der Waals surface area contributed by atoms with Gasteiger partial charge < -0.3 is 15.2 Å². The van der Waals surface area contributed by atoms with Crippen molar-refractivity contribution >= 4 is 34.1 Å². The highest BCUT2D eigenvalue weighted by Crippen LogP contribution is 2.18. The van der Waals surface area contributed by atoms with Crippen molar-refractivity contribution in [2.45, 2.75) is 40.2 Å². The van der Waals surface area contributed by atoms with Crippen LogP contribution in [-0.4, -0.2) is 31.5 Å². The molecule has 0 bridgehead atoms. The zero-order valence-corrected chi connectivity index (χ0v) is 19.7. The quantitative estimate of drug-likeness (QED) is 0.365. The molecule has 0 saturated carbocycles. The summed E-state index contributed by atoms with van der Waals surface area (Å²) in [7, 11) is 0. The molecule has 164 valence electrons. The number of imidazole rings is 1. The largest absolute Gasteiger partial charge is 0.344 e. The lowest BCUT2D eigenvalue weighted by Crippen LogP contribution is -2.36. The van der Waals surface area contributed by atoms with Gasteiger partial charge in [0.25, 0.3) is 0 Å². The molecule has 4 aromatic rings. The Labute approximate surface area is 194 Å². The molecule has 5 nitrogen and oxygen atoms in total. The third-order valence-corrected chi connectivity index (χ3v) is 6.12. The smallest absolute Gasteiger partial charge is 0.173 e. The number of hydrogen-bond acceptors (Lipinski definition) is 3. The SMILES string of the molecule is CCc1ccc(NC(=S)N(CCc2nc3cc(C)c(C)cc3[nH]2)Cc2cccnc2)cc1. The van der Waals surface area contributed by atoms with Crippen LogP contribution < -0.4 is 5.32 Å². The maximum absolute atomic E-state index is 5.80. The van der Waals surface area contributed by atoms with E-state index in [1.54, 1.807) is 6.20 Å². The highest BCUT2D eigenvalue weighted by molar-refractivity contribution is 7.80. The van der Waals surface area contributed by atoms with E-state index in [9.17, 15) is 0 Å². The average molecular weight is 444 g/mol. The van der Waals surface area contributed by atoms with Crippen LogP contribution in [0.5, 0.6) is 0 Å². The highest BCUT2D eigenvalue weighted by Gasteiger charge is 2.13. The summed E-state index contributed by atoms with van der Waals surface area (Å²) in [5.41, 5.74) is 8.05. The van der Waals surface area contributed by atoms with Gasteiger partial charge in [0, 0.05) is 37.6 Å². The molecule has 6 heteroatoms. The summed E-state index contributed by atoms with van der Waals surface area (Å²) in [6, 6.07) is 16.8. The number of aromatic nitrogens is 3. The first-order valence-corrected chi connectivity index (χ1v) is 11.4. The van der Waals surface area contributed by atoms with E-state index in [0.717, 1.165) is 47.5 Å². The van der Waals surface area contributed by atoms with Crippen LogP contribution in [0.25, 0.3) is 11.0 Å². The van der Waals surface area contributed by atoms with Gasteiger partial charge in [-0.15, -0.1) is 0 Å². The number of hydrogen-bond donors (Lipinski definition) is 2. The fourth-order valence-corrected chi connectivity index (χ4v) is 3.95. The molecule has 0 unspecified atom stereocenters. The van der Waals surface area contributed by atoms with Crippen molar-refractivity contribution in [2.24, 2.45) is 0 Å². The summed E-state index contributed by atoms with van der Waals surface area (Å²) in [4.78, 5) is 14.7. The molecule has 0 spiro atoms. The lowest BCUT2D eigenvalue weighted by Gasteiger charge is -2.25. The third-order valence-electron chi connectivity index (χ3n) is 5.76. The molecular weight excluding hydrogens is 414 g/mol. The second-order valence-electron chi connectivity index (χ2n) is 8.15. The lowest BCUT2D eigenvalue weighted by molar-refractivity contribution is 0.419. The second kappa shape index (κ2) is 9.92. The van der Waals surface area contributed by atoms with Crippen molar-refractivity contribution < 1.29 is 0 Å². The highest BCUT2D eigenvalue weighted by atomic mass is 32.1. The summed E-state index contributed by atoms with van der Waals surface area (Å²) in [5, 5.41) is 4.09. The van der Waals surface area contributed by atoms with Crippen molar-refractivity contribution in [2.75, 3.05) is 11.9 Å². The summed E-state index contributed by atoms with van der Waals surface area (Å²) in [6.07, 6.45) is 5.47. The summed E-state index contributed by atoms with van der Waals surface area (Å²) < 4.78 is 0. The van der Waals surface area contributed by atoms with Crippen molar-refractivity contribution in [3.63, 3.8) is 0 Å². The molecule has 0 atom stereocenters. The number of fused-ring (bicyclic) bond motifs is 1. The number of aryl methyl sites for hydroxylation is 3.